The second kappa shape index (κ2) is 6.08. The molecular weight excluding hydrogens is 226 g/mol. The van der Waals surface area contributed by atoms with Crippen LogP contribution in [-0.4, -0.2) is 28.8 Å². The summed E-state index contributed by atoms with van der Waals surface area (Å²) >= 11 is 1.33. The van der Waals surface area contributed by atoms with E-state index in [2.05, 4.69) is 14.7 Å². The van der Waals surface area contributed by atoms with E-state index in [0.29, 0.717) is 10.8 Å². The first-order valence-corrected chi connectivity index (χ1v) is 5.59. The molecule has 0 N–H and O–H groups in total. The van der Waals surface area contributed by atoms with Gasteiger partial charge in [-0.3, -0.25) is 4.79 Å². The molecular formula is C10H11N3O2S. The van der Waals surface area contributed by atoms with Gasteiger partial charge in [-0.1, -0.05) is 6.92 Å². The lowest BCUT2D eigenvalue weighted by Crippen LogP contribution is -2.15. The van der Waals surface area contributed by atoms with Crippen LogP contribution >= 0.6 is 11.8 Å². The zero-order chi connectivity index (χ0) is 12.0. The maximum absolute atomic E-state index is 11.2. The number of nitrogens with zero attached hydrogens (tertiary/aromatic N) is 3. The van der Waals surface area contributed by atoms with E-state index in [1.807, 2.05) is 6.07 Å². The predicted molar refractivity (Wildman–Crippen MR) is 58.7 cm³/mol. The Hall–Kier alpha value is -1.61. The molecule has 0 aromatic carbocycles. The number of thioether (sulfide) groups is 1. The summed E-state index contributed by atoms with van der Waals surface area (Å²) in [7, 11) is 1.35. The van der Waals surface area contributed by atoms with Crippen LogP contribution in [0.5, 0.6) is 0 Å². The van der Waals surface area contributed by atoms with Crippen molar-refractivity contribution in [1.29, 1.82) is 5.26 Å². The summed E-state index contributed by atoms with van der Waals surface area (Å²) in [4.78, 5) is 19.1. The smallest absolute Gasteiger partial charge is 0.309 e. The molecule has 1 unspecified atom stereocenters. The summed E-state index contributed by atoms with van der Waals surface area (Å²) in [6.07, 6.45) is 2.98. The average molecular weight is 237 g/mol. The zero-order valence-electron chi connectivity index (χ0n) is 9.01. The Kier molecular flexibility index (Phi) is 4.73. The van der Waals surface area contributed by atoms with Crippen molar-refractivity contribution in [1.82, 2.24) is 9.97 Å². The number of carbonyl (C=O) groups is 1. The van der Waals surface area contributed by atoms with E-state index in [1.165, 1.54) is 31.3 Å². The van der Waals surface area contributed by atoms with Gasteiger partial charge in [0.25, 0.3) is 0 Å². The third-order valence-corrected chi connectivity index (χ3v) is 3.08. The van der Waals surface area contributed by atoms with E-state index in [-0.39, 0.29) is 17.6 Å². The van der Waals surface area contributed by atoms with E-state index in [4.69, 9.17) is 5.26 Å². The summed E-state index contributed by atoms with van der Waals surface area (Å²) in [6, 6.07) is 1.95. The van der Waals surface area contributed by atoms with Gasteiger partial charge in [0, 0.05) is 18.1 Å². The molecule has 0 aliphatic rings. The molecule has 0 radical (unpaired) electrons. The quantitative estimate of drug-likeness (QED) is 0.579. The van der Waals surface area contributed by atoms with E-state index < -0.39 is 0 Å². The van der Waals surface area contributed by atoms with Gasteiger partial charge < -0.3 is 4.74 Å². The topological polar surface area (TPSA) is 75.9 Å². The van der Waals surface area contributed by atoms with Gasteiger partial charge in [-0.15, -0.1) is 11.8 Å². The third-order valence-electron chi connectivity index (χ3n) is 1.84. The Labute approximate surface area is 97.9 Å². The minimum atomic E-state index is -0.269. The number of esters is 1. The molecule has 0 bridgehead atoms. The molecule has 1 heterocycles. The second-order valence-electron chi connectivity index (χ2n) is 3.06. The van der Waals surface area contributed by atoms with Crippen molar-refractivity contribution in [2.75, 3.05) is 12.9 Å². The van der Waals surface area contributed by atoms with Crippen molar-refractivity contribution >= 4 is 17.7 Å². The first kappa shape index (κ1) is 12.5. The minimum absolute atomic E-state index is 0.233. The summed E-state index contributed by atoms with van der Waals surface area (Å²) in [5.41, 5.74) is 0.282. The number of methoxy groups -OCH3 is 1. The maximum Gasteiger partial charge on any atom is 0.309 e. The predicted octanol–water partition coefficient (Wildman–Crippen LogP) is 1.25. The number of aromatic nitrogens is 2. The van der Waals surface area contributed by atoms with Gasteiger partial charge in [0.1, 0.15) is 11.1 Å². The van der Waals surface area contributed by atoms with Crippen LogP contribution in [0, 0.1) is 17.2 Å². The minimum Gasteiger partial charge on any atom is -0.469 e. The molecule has 0 fully saturated rings. The number of nitriles is 1. The molecule has 1 atom stereocenters. The fraction of sp³-hybridized carbons (Fsp3) is 0.400. The second-order valence-corrected chi connectivity index (χ2v) is 4.07. The van der Waals surface area contributed by atoms with Crippen molar-refractivity contribution in [3.8, 4) is 6.07 Å². The summed E-state index contributed by atoms with van der Waals surface area (Å²) in [5.74, 6) is 0.0125. The SMILES string of the molecule is COC(=O)C(C)CSc1nccnc1C#N. The Morgan fingerprint density at radius 3 is 2.94 bits per heavy atom. The molecule has 0 spiro atoms. The highest BCUT2D eigenvalue weighted by Crippen LogP contribution is 2.20. The fourth-order valence-electron chi connectivity index (χ4n) is 0.981. The van der Waals surface area contributed by atoms with Crippen LogP contribution in [0.1, 0.15) is 12.6 Å². The molecule has 16 heavy (non-hydrogen) atoms. The van der Waals surface area contributed by atoms with Crippen molar-refractivity contribution in [3.63, 3.8) is 0 Å². The standard InChI is InChI=1S/C10H11N3O2S/c1-7(10(14)15-2)6-16-9-8(5-11)12-3-4-13-9/h3-4,7H,6H2,1-2H3. The number of carbonyl (C=O) groups excluding carboxylic acids is 1. The highest BCUT2D eigenvalue weighted by molar-refractivity contribution is 7.99. The van der Waals surface area contributed by atoms with Crippen molar-refractivity contribution in [3.05, 3.63) is 18.1 Å². The molecule has 0 amide bonds. The van der Waals surface area contributed by atoms with Crippen LogP contribution in [-0.2, 0) is 9.53 Å². The van der Waals surface area contributed by atoms with Gasteiger partial charge in [-0.2, -0.15) is 5.26 Å². The molecule has 1 aromatic rings. The van der Waals surface area contributed by atoms with Gasteiger partial charge in [0.2, 0.25) is 0 Å². The average Bonchev–Trinajstić information content (AvgIpc) is 2.35. The van der Waals surface area contributed by atoms with Crippen molar-refractivity contribution < 1.29 is 9.53 Å². The highest BCUT2D eigenvalue weighted by atomic mass is 32.2. The Bertz CT molecular complexity index is 417. The van der Waals surface area contributed by atoms with Crippen molar-refractivity contribution in [2.45, 2.75) is 11.9 Å². The lowest BCUT2D eigenvalue weighted by Gasteiger charge is -2.07. The Balaban J connectivity index is 2.62. The van der Waals surface area contributed by atoms with E-state index in [0.717, 1.165) is 0 Å². The van der Waals surface area contributed by atoms with Gasteiger partial charge in [-0.05, 0) is 0 Å². The van der Waals surface area contributed by atoms with Crippen LogP contribution in [0.4, 0.5) is 0 Å². The van der Waals surface area contributed by atoms with Gasteiger partial charge in [-0.25, -0.2) is 9.97 Å². The number of hydrogen-bond donors (Lipinski definition) is 0. The Morgan fingerprint density at radius 2 is 2.31 bits per heavy atom. The van der Waals surface area contributed by atoms with Crippen LogP contribution in [0.25, 0.3) is 0 Å². The molecule has 0 saturated heterocycles. The largest absolute Gasteiger partial charge is 0.469 e. The normalized spacial score (nSPS) is 11.6. The zero-order valence-corrected chi connectivity index (χ0v) is 9.82. The van der Waals surface area contributed by atoms with Crippen LogP contribution in [0.15, 0.2) is 17.4 Å². The van der Waals surface area contributed by atoms with E-state index >= 15 is 0 Å². The van der Waals surface area contributed by atoms with Crippen LogP contribution in [0.3, 0.4) is 0 Å². The fourth-order valence-corrected chi connectivity index (χ4v) is 1.90. The molecule has 0 saturated carbocycles. The molecule has 1 rings (SSSR count). The number of ether oxygens (including phenoxy) is 1. The summed E-state index contributed by atoms with van der Waals surface area (Å²) < 4.78 is 4.60. The van der Waals surface area contributed by atoms with Gasteiger partial charge >= 0.3 is 5.97 Å². The number of hydrogen-bond acceptors (Lipinski definition) is 6. The monoisotopic (exact) mass is 237 g/mol. The molecule has 0 aliphatic carbocycles. The molecule has 5 nitrogen and oxygen atoms in total. The lowest BCUT2D eigenvalue weighted by atomic mass is 10.2. The number of rotatable bonds is 4. The Morgan fingerprint density at radius 1 is 1.62 bits per heavy atom. The first-order chi connectivity index (χ1) is 7.69. The van der Waals surface area contributed by atoms with E-state index in [1.54, 1.807) is 6.92 Å². The van der Waals surface area contributed by atoms with Gasteiger partial charge in [0.15, 0.2) is 5.69 Å². The molecule has 6 heteroatoms. The van der Waals surface area contributed by atoms with Crippen molar-refractivity contribution in [2.24, 2.45) is 5.92 Å². The van der Waals surface area contributed by atoms with Crippen LogP contribution < -0.4 is 0 Å². The summed E-state index contributed by atoms with van der Waals surface area (Å²) in [5, 5.41) is 9.32. The molecule has 1 aromatic heterocycles. The van der Waals surface area contributed by atoms with E-state index in [9.17, 15) is 4.79 Å². The first-order valence-electron chi connectivity index (χ1n) is 4.60. The molecule has 84 valence electrons. The summed E-state index contributed by atoms with van der Waals surface area (Å²) in [6.45, 7) is 1.77. The third kappa shape index (κ3) is 3.21. The maximum atomic E-state index is 11.2. The van der Waals surface area contributed by atoms with Gasteiger partial charge in [0.05, 0.1) is 13.0 Å². The highest BCUT2D eigenvalue weighted by Gasteiger charge is 2.15. The lowest BCUT2D eigenvalue weighted by molar-refractivity contribution is -0.143. The molecule has 0 aliphatic heterocycles. The van der Waals surface area contributed by atoms with Crippen LogP contribution in [0.2, 0.25) is 0 Å².